The van der Waals surface area contributed by atoms with Crippen LogP contribution in [-0.2, 0) is 6.42 Å². The summed E-state index contributed by atoms with van der Waals surface area (Å²) in [5, 5.41) is 0. The first-order valence-corrected chi connectivity index (χ1v) is 9.76. The summed E-state index contributed by atoms with van der Waals surface area (Å²) in [5.41, 5.74) is 2.30. The number of hydrogen-bond acceptors (Lipinski definition) is 2. The Balaban J connectivity index is 1.63. The molecule has 2 nitrogen and oxygen atoms in total. The molecule has 0 N–H and O–H groups in total. The minimum atomic E-state index is -0.204. The van der Waals surface area contributed by atoms with Gasteiger partial charge in [0.25, 0.3) is 0 Å². The van der Waals surface area contributed by atoms with E-state index in [1.807, 2.05) is 24.4 Å². The Bertz CT molecular complexity index is 834. The van der Waals surface area contributed by atoms with Gasteiger partial charge >= 0.3 is 147 Å². The molecule has 0 atom stereocenters. The molecule has 0 spiro atoms. The zero-order chi connectivity index (χ0) is 16.4. The van der Waals surface area contributed by atoms with E-state index in [0.717, 1.165) is 30.9 Å². The fourth-order valence-corrected chi connectivity index (χ4v) is 4.82. The number of aromatic nitrogens is 1. The molecule has 1 aliphatic heterocycles. The molecule has 0 radical (unpaired) electrons. The van der Waals surface area contributed by atoms with E-state index in [0.29, 0.717) is 0 Å². The molecule has 0 saturated carbocycles. The van der Waals surface area contributed by atoms with Gasteiger partial charge in [0, 0.05) is 0 Å². The summed E-state index contributed by atoms with van der Waals surface area (Å²) in [4.78, 5) is 6.94. The number of pyridine rings is 1. The second kappa shape index (κ2) is 6.76. The summed E-state index contributed by atoms with van der Waals surface area (Å²) < 4.78 is 15.8. The zero-order valence-corrected chi connectivity index (χ0v) is 14.9. The molecule has 0 unspecified atom stereocenters. The Labute approximate surface area is 147 Å². The van der Waals surface area contributed by atoms with E-state index in [-0.39, 0.29) is 20.8 Å². The first-order chi connectivity index (χ1) is 11.8. The van der Waals surface area contributed by atoms with E-state index < -0.39 is 0 Å². The quantitative estimate of drug-likeness (QED) is 0.647. The number of halogens is 1. The van der Waals surface area contributed by atoms with Gasteiger partial charge in [0.05, 0.1) is 0 Å². The number of benzene rings is 2. The summed E-state index contributed by atoms with van der Waals surface area (Å²) in [5.74, 6) is 0.810. The molecule has 120 valence electrons. The van der Waals surface area contributed by atoms with E-state index in [4.69, 9.17) is 4.98 Å². The van der Waals surface area contributed by atoms with Crippen LogP contribution in [0.15, 0.2) is 66.9 Å². The molecule has 1 aromatic heterocycles. The normalized spacial score (nSPS) is 13.6. The first kappa shape index (κ1) is 15.4. The molecule has 0 amide bonds. The average Bonchev–Trinajstić information content (AvgIpc) is 2.63. The van der Waals surface area contributed by atoms with Gasteiger partial charge in [-0.15, -0.1) is 0 Å². The number of hydrogen-bond donors (Lipinski definition) is 0. The zero-order valence-electron chi connectivity index (χ0n) is 13.2. The maximum absolute atomic E-state index is 13.2. The van der Waals surface area contributed by atoms with Crippen LogP contribution in [0, 0.1) is 5.82 Å². The fraction of sp³-hybridized carbons (Fsp3) is 0.150. The van der Waals surface area contributed by atoms with Crippen molar-refractivity contribution in [1.29, 1.82) is 0 Å². The van der Waals surface area contributed by atoms with Gasteiger partial charge in [-0.1, -0.05) is 0 Å². The fourth-order valence-electron chi connectivity index (χ4n) is 2.99. The van der Waals surface area contributed by atoms with Crippen molar-refractivity contribution in [2.75, 3.05) is 11.4 Å². The number of fused-ring (bicyclic) bond motifs is 1. The van der Waals surface area contributed by atoms with Crippen molar-refractivity contribution in [3.05, 3.63) is 78.2 Å². The molecule has 24 heavy (non-hydrogen) atoms. The Morgan fingerprint density at radius 3 is 2.54 bits per heavy atom. The van der Waals surface area contributed by atoms with Crippen molar-refractivity contribution >= 4 is 35.4 Å². The van der Waals surface area contributed by atoms with Crippen LogP contribution in [0.1, 0.15) is 12.0 Å². The molecular formula is C20H17FN2Se. The van der Waals surface area contributed by atoms with E-state index in [2.05, 4.69) is 35.2 Å². The van der Waals surface area contributed by atoms with Gasteiger partial charge in [0.15, 0.2) is 0 Å². The number of anilines is 2. The molecule has 0 fully saturated rings. The minimum absolute atomic E-state index is 0.204. The molecule has 3 aromatic rings. The van der Waals surface area contributed by atoms with E-state index in [1.54, 1.807) is 0 Å². The molecule has 0 bridgehead atoms. The second-order valence-corrected chi connectivity index (χ2v) is 8.21. The van der Waals surface area contributed by atoms with Crippen LogP contribution in [0.2, 0.25) is 0 Å². The van der Waals surface area contributed by atoms with Gasteiger partial charge < -0.3 is 0 Å². The third-order valence-electron chi connectivity index (χ3n) is 4.12. The van der Waals surface area contributed by atoms with Gasteiger partial charge in [-0.25, -0.2) is 0 Å². The molecule has 0 aliphatic carbocycles. The average molecular weight is 383 g/mol. The predicted octanol–water partition coefficient (Wildman–Crippen LogP) is 2.96. The van der Waals surface area contributed by atoms with Crippen LogP contribution >= 0.6 is 0 Å². The summed E-state index contributed by atoms with van der Waals surface area (Å²) in [6, 6.07) is 19.5. The Morgan fingerprint density at radius 1 is 0.958 bits per heavy atom. The van der Waals surface area contributed by atoms with Crippen molar-refractivity contribution in [3.63, 3.8) is 0 Å². The van der Waals surface area contributed by atoms with E-state index in [9.17, 15) is 4.39 Å². The van der Waals surface area contributed by atoms with Crippen LogP contribution in [-0.4, -0.2) is 26.5 Å². The third kappa shape index (κ3) is 3.21. The summed E-state index contributed by atoms with van der Waals surface area (Å²) in [6.07, 6.45) is 4.14. The summed E-state index contributed by atoms with van der Waals surface area (Å²) in [6.45, 7) is 0.925. The van der Waals surface area contributed by atoms with E-state index >= 15 is 0 Å². The summed E-state index contributed by atoms with van der Waals surface area (Å²) in [7, 11) is 0. The Morgan fingerprint density at radius 2 is 1.75 bits per heavy atom. The van der Waals surface area contributed by atoms with Crippen LogP contribution in [0.25, 0.3) is 0 Å². The molecule has 1 aliphatic rings. The monoisotopic (exact) mass is 384 g/mol. The van der Waals surface area contributed by atoms with Crippen molar-refractivity contribution < 1.29 is 4.39 Å². The topological polar surface area (TPSA) is 16.1 Å². The Kier molecular flexibility index (Phi) is 4.33. The van der Waals surface area contributed by atoms with Gasteiger partial charge in [0.1, 0.15) is 0 Å². The second-order valence-electron chi connectivity index (χ2n) is 5.80. The van der Waals surface area contributed by atoms with Crippen molar-refractivity contribution in [1.82, 2.24) is 4.98 Å². The van der Waals surface area contributed by atoms with Crippen molar-refractivity contribution in [2.45, 2.75) is 12.8 Å². The number of nitrogens with zero attached hydrogens (tertiary/aromatic N) is 2. The SMILES string of the molecule is Fc1ccc(N2CCCc3cc([Se]c4ccccc4)cnc32)cc1. The molecular weight excluding hydrogens is 366 g/mol. The summed E-state index contributed by atoms with van der Waals surface area (Å²) >= 11 is 0.279. The van der Waals surface area contributed by atoms with E-state index in [1.165, 1.54) is 26.6 Å². The Hall–Kier alpha value is -2.16. The van der Waals surface area contributed by atoms with Gasteiger partial charge in [0.2, 0.25) is 0 Å². The van der Waals surface area contributed by atoms with Crippen LogP contribution in [0.3, 0.4) is 0 Å². The molecule has 4 rings (SSSR count). The number of rotatable bonds is 3. The third-order valence-corrected chi connectivity index (χ3v) is 6.15. The maximum atomic E-state index is 13.2. The standard InChI is InChI=1S/C20H17FN2Se/c21-16-8-10-17(11-9-16)23-12-4-5-15-13-19(14-22-20(15)23)24-18-6-2-1-3-7-18/h1-3,6-11,13-14H,4-5,12H2. The van der Waals surface area contributed by atoms with Gasteiger partial charge in [-0.2, -0.15) is 0 Å². The van der Waals surface area contributed by atoms with Gasteiger partial charge in [-0.3, -0.25) is 0 Å². The van der Waals surface area contributed by atoms with Crippen LogP contribution < -0.4 is 13.8 Å². The predicted molar refractivity (Wildman–Crippen MR) is 97.4 cm³/mol. The molecule has 4 heteroatoms. The number of aryl methyl sites for hydroxylation is 1. The van der Waals surface area contributed by atoms with Crippen molar-refractivity contribution in [3.8, 4) is 0 Å². The van der Waals surface area contributed by atoms with Gasteiger partial charge in [-0.05, 0) is 0 Å². The van der Waals surface area contributed by atoms with Crippen molar-refractivity contribution in [2.24, 2.45) is 0 Å². The molecule has 2 heterocycles. The molecule has 0 saturated heterocycles. The molecule has 2 aromatic carbocycles. The van der Waals surface area contributed by atoms with Crippen LogP contribution in [0.5, 0.6) is 0 Å². The first-order valence-electron chi connectivity index (χ1n) is 8.04. The van der Waals surface area contributed by atoms with Crippen LogP contribution in [0.4, 0.5) is 15.9 Å².